The van der Waals surface area contributed by atoms with E-state index in [9.17, 15) is 13.2 Å². The van der Waals surface area contributed by atoms with E-state index in [-0.39, 0.29) is 6.61 Å². The summed E-state index contributed by atoms with van der Waals surface area (Å²) in [4.78, 5) is 12.4. The largest absolute Gasteiger partial charge is 0.484 e. The highest BCUT2D eigenvalue weighted by atomic mass is 35.5. The van der Waals surface area contributed by atoms with Crippen LogP contribution in [0.1, 0.15) is 6.92 Å². The van der Waals surface area contributed by atoms with Crippen molar-refractivity contribution in [2.24, 2.45) is 0 Å². The van der Waals surface area contributed by atoms with Crippen molar-refractivity contribution >= 4 is 38.9 Å². The highest BCUT2D eigenvalue weighted by Gasteiger charge is 2.15. The van der Waals surface area contributed by atoms with Crippen LogP contribution in [-0.2, 0) is 14.8 Å². The molecular formula is C23H23ClN2O5S. The van der Waals surface area contributed by atoms with Crippen LogP contribution in [0.3, 0.4) is 0 Å². The van der Waals surface area contributed by atoms with E-state index in [1.807, 2.05) is 18.2 Å². The molecule has 0 aliphatic heterocycles. The number of sulfonamides is 1. The summed E-state index contributed by atoms with van der Waals surface area (Å²) in [5.74, 6) is 1.09. The van der Waals surface area contributed by atoms with Gasteiger partial charge in [0.1, 0.15) is 11.5 Å². The van der Waals surface area contributed by atoms with E-state index in [0.29, 0.717) is 40.2 Å². The standard InChI is InChI=1S/C23H23ClN2O5S/c1-3-26(32(2,28)29)18-10-12-19(13-11-18)30-16-23(27)25-21-15-17(24)9-14-22(21)31-20-7-5-4-6-8-20/h4-15H,3,16H2,1-2H3,(H,25,27). The fraction of sp³-hybridized carbons (Fsp3) is 0.174. The van der Waals surface area contributed by atoms with Crippen molar-refractivity contribution in [2.45, 2.75) is 6.92 Å². The van der Waals surface area contributed by atoms with Gasteiger partial charge in [-0.15, -0.1) is 0 Å². The van der Waals surface area contributed by atoms with E-state index in [2.05, 4.69) is 5.32 Å². The lowest BCUT2D eigenvalue weighted by Crippen LogP contribution is -2.29. The quantitative estimate of drug-likeness (QED) is 0.475. The van der Waals surface area contributed by atoms with Crippen LogP contribution in [0.2, 0.25) is 5.02 Å². The molecule has 0 aliphatic carbocycles. The highest BCUT2D eigenvalue weighted by Crippen LogP contribution is 2.32. The third-order valence-corrected chi connectivity index (χ3v) is 5.87. The molecule has 0 saturated carbocycles. The van der Waals surface area contributed by atoms with E-state index in [4.69, 9.17) is 21.1 Å². The number of ether oxygens (including phenoxy) is 2. The van der Waals surface area contributed by atoms with Crippen LogP contribution < -0.4 is 19.1 Å². The minimum Gasteiger partial charge on any atom is -0.484 e. The zero-order valence-electron chi connectivity index (χ0n) is 17.6. The molecule has 0 atom stereocenters. The Labute approximate surface area is 192 Å². The number of hydrogen-bond donors (Lipinski definition) is 1. The van der Waals surface area contributed by atoms with Crippen molar-refractivity contribution in [2.75, 3.05) is 29.0 Å². The fourth-order valence-corrected chi connectivity index (χ4v) is 4.10. The first-order valence-electron chi connectivity index (χ1n) is 9.79. The molecule has 0 radical (unpaired) electrons. The topological polar surface area (TPSA) is 84.9 Å². The first-order valence-corrected chi connectivity index (χ1v) is 12.0. The van der Waals surface area contributed by atoms with Gasteiger partial charge >= 0.3 is 0 Å². The number of nitrogens with zero attached hydrogens (tertiary/aromatic N) is 1. The summed E-state index contributed by atoms with van der Waals surface area (Å²) in [6, 6.07) is 20.6. The summed E-state index contributed by atoms with van der Waals surface area (Å²) in [5.41, 5.74) is 0.936. The van der Waals surface area contributed by atoms with E-state index < -0.39 is 15.9 Å². The van der Waals surface area contributed by atoms with Gasteiger partial charge in [-0.1, -0.05) is 29.8 Å². The first-order chi connectivity index (χ1) is 15.3. The molecule has 3 aromatic carbocycles. The molecule has 0 aromatic heterocycles. The number of rotatable bonds is 9. The van der Waals surface area contributed by atoms with Gasteiger partial charge in [0.15, 0.2) is 12.4 Å². The number of hydrogen-bond acceptors (Lipinski definition) is 5. The van der Waals surface area contributed by atoms with E-state index in [0.717, 1.165) is 6.26 Å². The van der Waals surface area contributed by atoms with Crippen LogP contribution in [0.15, 0.2) is 72.8 Å². The zero-order valence-corrected chi connectivity index (χ0v) is 19.2. The lowest BCUT2D eigenvalue weighted by Gasteiger charge is -2.20. The van der Waals surface area contributed by atoms with Crippen LogP contribution in [-0.4, -0.2) is 33.7 Å². The predicted octanol–water partition coefficient (Wildman–Crippen LogP) is 4.94. The predicted molar refractivity (Wildman–Crippen MR) is 126 cm³/mol. The number of amides is 1. The lowest BCUT2D eigenvalue weighted by atomic mass is 10.2. The third-order valence-electron chi connectivity index (χ3n) is 4.37. The Bertz CT molecular complexity index is 1170. The fourth-order valence-electron chi connectivity index (χ4n) is 2.96. The van der Waals surface area contributed by atoms with E-state index in [1.54, 1.807) is 61.5 Å². The number of carbonyl (C=O) groups excluding carboxylic acids is 1. The second kappa shape index (κ2) is 10.4. The maximum absolute atomic E-state index is 12.4. The summed E-state index contributed by atoms with van der Waals surface area (Å²) < 4.78 is 36.3. The van der Waals surface area contributed by atoms with Gasteiger partial charge in [-0.05, 0) is 61.5 Å². The van der Waals surface area contributed by atoms with Crippen LogP contribution in [0.5, 0.6) is 17.2 Å². The molecule has 0 spiro atoms. The van der Waals surface area contributed by atoms with Crippen LogP contribution >= 0.6 is 11.6 Å². The van der Waals surface area contributed by atoms with Crippen LogP contribution in [0.4, 0.5) is 11.4 Å². The molecule has 0 unspecified atom stereocenters. The minimum atomic E-state index is -3.37. The third kappa shape index (κ3) is 6.38. The molecule has 0 saturated heterocycles. The summed E-state index contributed by atoms with van der Waals surface area (Å²) in [6.45, 7) is 1.82. The SMILES string of the molecule is CCN(c1ccc(OCC(=O)Nc2cc(Cl)ccc2Oc2ccccc2)cc1)S(C)(=O)=O. The molecule has 32 heavy (non-hydrogen) atoms. The Morgan fingerprint density at radius 2 is 1.69 bits per heavy atom. The second-order valence-corrected chi connectivity index (χ2v) is 9.16. The molecule has 3 rings (SSSR count). The molecule has 0 bridgehead atoms. The van der Waals surface area contributed by atoms with E-state index >= 15 is 0 Å². The van der Waals surface area contributed by atoms with Crippen molar-refractivity contribution in [3.8, 4) is 17.2 Å². The Morgan fingerprint density at radius 3 is 2.31 bits per heavy atom. The summed E-state index contributed by atoms with van der Waals surface area (Å²) in [5, 5.41) is 3.19. The van der Waals surface area contributed by atoms with Crippen molar-refractivity contribution in [3.05, 3.63) is 77.8 Å². The number of benzene rings is 3. The lowest BCUT2D eigenvalue weighted by molar-refractivity contribution is -0.118. The normalized spacial score (nSPS) is 11.0. The molecule has 0 heterocycles. The second-order valence-electron chi connectivity index (χ2n) is 6.81. The number of para-hydroxylation sites is 1. The van der Waals surface area contributed by atoms with Gasteiger partial charge in [-0.3, -0.25) is 9.10 Å². The average molecular weight is 475 g/mol. The van der Waals surface area contributed by atoms with Gasteiger partial charge in [0, 0.05) is 11.6 Å². The van der Waals surface area contributed by atoms with Gasteiger partial charge in [0.25, 0.3) is 5.91 Å². The van der Waals surface area contributed by atoms with Gasteiger partial charge in [0.05, 0.1) is 17.6 Å². The van der Waals surface area contributed by atoms with Crippen molar-refractivity contribution < 1.29 is 22.7 Å². The molecular weight excluding hydrogens is 452 g/mol. The van der Waals surface area contributed by atoms with Gasteiger partial charge in [-0.2, -0.15) is 0 Å². The minimum absolute atomic E-state index is 0.250. The van der Waals surface area contributed by atoms with E-state index in [1.165, 1.54) is 4.31 Å². The average Bonchev–Trinajstić information content (AvgIpc) is 2.75. The van der Waals surface area contributed by atoms with Gasteiger partial charge < -0.3 is 14.8 Å². The summed E-state index contributed by atoms with van der Waals surface area (Å²) >= 11 is 6.08. The van der Waals surface area contributed by atoms with Crippen LogP contribution in [0.25, 0.3) is 0 Å². The first kappa shape index (κ1) is 23.4. The molecule has 0 aliphatic rings. The Morgan fingerprint density at radius 1 is 1.00 bits per heavy atom. The molecule has 7 nitrogen and oxygen atoms in total. The smallest absolute Gasteiger partial charge is 0.262 e. The zero-order chi connectivity index (χ0) is 23.1. The molecule has 1 amide bonds. The molecule has 9 heteroatoms. The highest BCUT2D eigenvalue weighted by molar-refractivity contribution is 7.92. The number of halogens is 1. The summed E-state index contributed by atoms with van der Waals surface area (Å²) in [7, 11) is -3.37. The summed E-state index contributed by atoms with van der Waals surface area (Å²) in [6.07, 6.45) is 1.15. The maximum atomic E-state index is 12.4. The Balaban J connectivity index is 1.63. The number of nitrogens with one attached hydrogen (secondary N) is 1. The number of anilines is 2. The van der Waals surface area contributed by atoms with Gasteiger partial charge in [0.2, 0.25) is 10.0 Å². The monoisotopic (exact) mass is 474 g/mol. The van der Waals surface area contributed by atoms with Crippen molar-refractivity contribution in [3.63, 3.8) is 0 Å². The molecule has 1 N–H and O–H groups in total. The Kier molecular flexibility index (Phi) is 7.61. The number of carbonyl (C=O) groups is 1. The molecule has 168 valence electrons. The van der Waals surface area contributed by atoms with Gasteiger partial charge in [-0.25, -0.2) is 8.42 Å². The maximum Gasteiger partial charge on any atom is 0.262 e. The van der Waals surface area contributed by atoms with Crippen molar-refractivity contribution in [1.29, 1.82) is 0 Å². The Hall–Kier alpha value is -3.23. The molecule has 3 aromatic rings. The van der Waals surface area contributed by atoms with Crippen molar-refractivity contribution in [1.82, 2.24) is 0 Å². The van der Waals surface area contributed by atoms with Crippen LogP contribution in [0, 0.1) is 0 Å². The molecule has 0 fully saturated rings.